The number of carboxylic acids is 1. The van der Waals surface area contributed by atoms with E-state index in [1.165, 1.54) is 4.40 Å². The number of rotatable bonds is 3. The Labute approximate surface area is 137 Å². The average molecular weight is 329 g/mol. The minimum absolute atomic E-state index is 0.137. The summed E-state index contributed by atoms with van der Waals surface area (Å²) >= 11 is 5.98. The predicted molar refractivity (Wildman–Crippen MR) is 87.3 cm³/mol. The summed E-state index contributed by atoms with van der Waals surface area (Å²) < 4.78 is 1.52. The molecule has 23 heavy (non-hydrogen) atoms. The van der Waals surface area contributed by atoms with Gasteiger partial charge in [0.1, 0.15) is 5.65 Å². The van der Waals surface area contributed by atoms with Crippen LogP contribution >= 0.6 is 11.6 Å². The highest BCUT2D eigenvalue weighted by Gasteiger charge is 2.18. The first kappa shape index (κ1) is 15.2. The number of imidazole rings is 1. The van der Waals surface area contributed by atoms with Crippen molar-refractivity contribution in [1.82, 2.24) is 9.38 Å². The van der Waals surface area contributed by atoms with Crippen molar-refractivity contribution in [3.63, 3.8) is 0 Å². The normalized spacial score (nSPS) is 11.4. The van der Waals surface area contributed by atoms with Crippen molar-refractivity contribution in [1.29, 1.82) is 0 Å². The van der Waals surface area contributed by atoms with Gasteiger partial charge in [0.15, 0.2) is 11.5 Å². The van der Waals surface area contributed by atoms with Gasteiger partial charge in [0.05, 0.1) is 10.7 Å². The fourth-order valence-electron chi connectivity index (χ4n) is 2.31. The molecule has 1 aromatic carbocycles. The van der Waals surface area contributed by atoms with E-state index in [-0.39, 0.29) is 11.5 Å². The first-order chi connectivity index (χ1) is 11.0. The molecule has 0 fully saturated rings. The quantitative estimate of drug-likeness (QED) is 0.706. The monoisotopic (exact) mass is 328 g/mol. The number of aryl methyl sites for hydroxylation is 2. The van der Waals surface area contributed by atoms with Gasteiger partial charge in [0, 0.05) is 6.20 Å². The van der Waals surface area contributed by atoms with Crippen molar-refractivity contribution in [3.8, 4) is 0 Å². The van der Waals surface area contributed by atoms with Gasteiger partial charge in [0.25, 0.3) is 0 Å². The van der Waals surface area contributed by atoms with Crippen LogP contribution in [0.3, 0.4) is 0 Å². The molecule has 7 heteroatoms. The minimum atomic E-state index is -1.17. The largest absolute Gasteiger partial charge is 0.476 e. The van der Waals surface area contributed by atoms with E-state index in [1.807, 2.05) is 32.0 Å². The van der Waals surface area contributed by atoms with Gasteiger partial charge in [-0.25, -0.2) is 9.78 Å². The van der Waals surface area contributed by atoms with Crippen molar-refractivity contribution in [2.75, 3.05) is 0 Å². The van der Waals surface area contributed by atoms with E-state index in [2.05, 4.69) is 15.2 Å². The second-order valence-corrected chi connectivity index (χ2v) is 5.54. The van der Waals surface area contributed by atoms with Gasteiger partial charge in [-0.2, -0.15) is 0 Å². The Hall–Kier alpha value is -2.73. The lowest BCUT2D eigenvalue weighted by atomic mass is 10.1. The molecular weight excluding hydrogens is 316 g/mol. The zero-order valence-electron chi connectivity index (χ0n) is 12.5. The number of aromatic carboxylic acids is 1. The summed E-state index contributed by atoms with van der Waals surface area (Å²) in [6.07, 6.45) is 1.56. The van der Waals surface area contributed by atoms with Crippen molar-refractivity contribution >= 4 is 34.7 Å². The second kappa shape index (κ2) is 5.81. The summed E-state index contributed by atoms with van der Waals surface area (Å²) in [5.74, 6) is -1.03. The third-order valence-corrected chi connectivity index (χ3v) is 3.67. The summed E-state index contributed by atoms with van der Waals surface area (Å²) in [7, 11) is 0. The number of halogens is 1. The fourth-order valence-corrected chi connectivity index (χ4v) is 2.47. The topological polar surface area (TPSA) is 79.3 Å². The summed E-state index contributed by atoms with van der Waals surface area (Å²) in [6, 6.07) is 9.05. The van der Waals surface area contributed by atoms with E-state index in [0.29, 0.717) is 16.4 Å². The van der Waals surface area contributed by atoms with E-state index in [0.717, 1.165) is 11.1 Å². The van der Waals surface area contributed by atoms with Gasteiger partial charge < -0.3 is 5.11 Å². The van der Waals surface area contributed by atoms with Gasteiger partial charge in [-0.1, -0.05) is 29.8 Å². The number of nitrogens with zero attached hydrogens (tertiary/aromatic N) is 4. The van der Waals surface area contributed by atoms with Gasteiger partial charge in [-0.05, 0) is 37.1 Å². The van der Waals surface area contributed by atoms with Crippen LogP contribution in [0.4, 0.5) is 11.5 Å². The molecule has 0 saturated heterocycles. The highest BCUT2D eigenvalue weighted by molar-refractivity contribution is 6.30. The van der Waals surface area contributed by atoms with E-state index in [9.17, 15) is 9.90 Å². The Morgan fingerprint density at radius 2 is 1.87 bits per heavy atom. The van der Waals surface area contributed by atoms with Crippen LogP contribution in [0.5, 0.6) is 0 Å². The molecule has 116 valence electrons. The van der Waals surface area contributed by atoms with E-state index >= 15 is 0 Å². The Kier molecular flexibility index (Phi) is 3.83. The highest BCUT2D eigenvalue weighted by Crippen LogP contribution is 2.28. The van der Waals surface area contributed by atoms with Crippen LogP contribution in [0.2, 0.25) is 5.02 Å². The minimum Gasteiger partial charge on any atom is -0.476 e. The van der Waals surface area contributed by atoms with Crippen LogP contribution in [0.25, 0.3) is 5.65 Å². The Morgan fingerprint density at radius 3 is 2.52 bits per heavy atom. The number of hydrogen-bond acceptors (Lipinski definition) is 4. The van der Waals surface area contributed by atoms with Crippen LogP contribution in [-0.2, 0) is 0 Å². The number of azo groups is 1. The molecular formula is C16H13ClN4O2. The van der Waals surface area contributed by atoms with E-state index in [4.69, 9.17) is 11.6 Å². The zero-order valence-corrected chi connectivity index (χ0v) is 13.2. The van der Waals surface area contributed by atoms with Gasteiger partial charge in [-0.3, -0.25) is 4.40 Å². The second-order valence-electron chi connectivity index (χ2n) is 5.11. The van der Waals surface area contributed by atoms with Crippen LogP contribution in [-0.4, -0.2) is 20.5 Å². The number of hydrogen-bond donors (Lipinski definition) is 1. The predicted octanol–water partition coefficient (Wildman–Crippen LogP) is 4.72. The molecule has 0 aliphatic rings. The van der Waals surface area contributed by atoms with E-state index in [1.54, 1.807) is 18.3 Å². The van der Waals surface area contributed by atoms with E-state index < -0.39 is 5.97 Å². The molecule has 2 aromatic heterocycles. The number of carboxylic acid groups (broad SMARTS) is 1. The SMILES string of the molecule is Cc1cccc(C)c1N=Nc1c(C(=O)O)nc2ccc(Cl)cn12. The lowest BCUT2D eigenvalue weighted by Gasteiger charge is -2.02. The molecule has 0 aliphatic carbocycles. The van der Waals surface area contributed by atoms with Crippen LogP contribution in [0.1, 0.15) is 21.6 Å². The Balaban J connectivity index is 2.19. The molecule has 0 amide bonds. The molecule has 0 aliphatic heterocycles. The fraction of sp³-hybridized carbons (Fsp3) is 0.125. The van der Waals surface area contributed by atoms with Gasteiger partial charge in [0.2, 0.25) is 0 Å². The lowest BCUT2D eigenvalue weighted by Crippen LogP contribution is -1.96. The Morgan fingerprint density at radius 1 is 1.17 bits per heavy atom. The lowest BCUT2D eigenvalue weighted by molar-refractivity contribution is 0.0692. The number of fused-ring (bicyclic) bond motifs is 1. The summed E-state index contributed by atoms with van der Waals surface area (Å²) in [6.45, 7) is 3.84. The molecule has 0 bridgehead atoms. The van der Waals surface area contributed by atoms with Gasteiger partial charge >= 0.3 is 5.97 Å². The molecule has 1 N–H and O–H groups in total. The third-order valence-electron chi connectivity index (χ3n) is 3.44. The molecule has 2 heterocycles. The Bertz CT molecular complexity index is 926. The first-order valence-electron chi connectivity index (χ1n) is 6.86. The molecule has 0 radical (unpaired) electrons. The number of pyridine rings is 1. The molecule has 0 atom stereocenters. The third kappa shape index (κ3) is 2.80. The maximum absolute atomic E-state index is 11.4. The van der Waals surface area contributed by atoms with Crippen molar-refractivity contribution in [3.05, 3.63) is 58.4 Å². The zero-order chi connectivity index (χ0) is 16.6. The first-order valence-corrected chi connectivity index (χ1v) is 7.24. The van der Waals surface area contributed by atoms with Crippen molar-refractivity contribution in [2.24, 2.45) is 10.2 Å². The average Bonchev–Trinajstić information content (AvgIpc) is 2.85. The van der Waals surface area contributed by atoms with Crippen molar-refractivity contribution in [2.45, 2.75) is 13.8 Å². The number of benzene rings is 1. The molecule has 3 rings (SSSR count). The standard InChI is InChI=1S/C16H13ClN4O2/c1-9-4-3-5-10(2)13(9)19-20-15-14(16(22)23)18-12-7-6-11(17)8-21(12)15/h3-8H,1-2H3,(H,22,23). The van der Waals surface area contributed by atoms with Crippen LogP contribution in [0.15, 0.2) is 46.8 Å². The number of aromatic nitrogens is 2. The van der Waals surface area contributed by atoms with Gasteiger partial charge in [-0.15, -0.1) is 10.2 Å². The summed E-state index contributed by atoms with van der Waals surface area (Å²) in [5.41, 5.74) is 2.90. The van der Waals surface area contributed by atoms with Crippen LogP contribution in [0, 0.1) is 13.8 Å². The highest BCUT2D eigenvalue weighted by atomic mass is 35.5. The molecule has 6 nitrogen and oxygen atoms in total. The molecule has 0 spiro atoms. The van der Waals surface area contributed by atoms with Crippen LogP contribution < -0.4 is 0 Å². The van der Waals surface area contributed by atoms with Crippen molar-refractivity contribution < 1.29 is 9.90 Å². The molecule has 3 aromatic rings. The molecule has 0 saturated carbocycles. The maximum atomic E-state index is 11.4. The smallest absolute Gasteiger partial charge is 0.358 e. The summed E-state index contributed by atoms with van der Waals surface area (Å²) in [5, 5.41) is 18.1. The maximum Gasteiger partial charge on any atom is 0.358 e. The number of carbonyl (C=O) groups is 1. The summed E-state index contributed by atoms with van der Waals surface area (Å²) in [4.78, 5) is 15.5. The molecule has 0 unspecified atom stereocenters.